The summed E-state index contributed by atoms with van der Waals surface area (Å²) in [5.74, 6) is -0.462. The van der Waals surface area contributed by atoms with Crippen molar-refractivity contribution in [3.63, 3.8) is 0 Å². The molecule has 0 unspecified atom stereocenters. The van der Waals surface area contributed by atoms with Crippen molar-refractivity contribution >= 4 is 34.3 Å². The Kier molecular flexibility index (Phi) is 7.69. The Balaban J connectivity index is 1.43. The fourth-order valence-electron chi connectivity index (χ4n) is 3.96. The number of nitrogens with zero attached hydrogens (tertiary/aromatic N) is 2. The van der Waals surface area contributed by atoms with Gasteiger partial charge in [0.25, 0.3) is 11.5 Å². The number of benzene rings is 2. The molecule has 0 saturated carbocycles. The minimum Gasteiger partial charge on any atom is -0.404 e. The van der Waals surface area contributed by atoms with E-state index >= 15 is 0 Å². The van der Waals surface area contributed by atoms with E-state index in [9.17, 15) is 14.0 Å². The number of pyridine rings is 1. The third-order valence-electron chi connectivity index (χ3n) is 5.84. The average Bonchev–Trinajstić information content (AvgIpc) is 3.34. The van der Waals surface area contributed by atoms with Crippen LogP contribution >= 0.6 is 0 Å². The van der Waals surface area contributed by atoms with Crippen molar-refractivity contribution < 1.29 is 18.7 Å². The van der Waals surface area contributed by atoms with Crippen molar-refractivity contribution in [2.24, 2.45) is 10.7 Å². The fraction of sp³-hybridized carbons (Fsp3) is 0.269. The summed E-state index contributed by atoms with van der Waals surface area (Å²) in [5, 5.41) is 0.545. The summed E-state index contributed by atoms with van der Waals surface area (Å²) in [5.41, 5.74) is 7.72. The van der Waals surface area contributed by atoms with E-state index in [1.165, 1.54) is 30.6 Å². The monoisotopic (exact) mass is 478 g/mol. The molecule has 1 aliphatic heterocycles. The minimum absolute atomic E-state index is 0.0224. The number of carbonyl (C=O) groups excluding carboxylic acids is 1. The lowest BCUT2D eigenvalue weighted by atomic mass is 10.1. The Labute approximate surface area is 201 Å². The zero-order valence-corrected chi connectivity index (χ0v) is 19.4. The SMILES string of the molecule is COCCO[C@H]1CCN(C(=O)c2ccc(N=CC(=CN)c3cc4cc(F)ccc4[nH]c3=O)cc2)C1. The van der Waals surface area contributed by atoms with E-state index < -0.39 is 5.82 Å². The quantitative estimate of drug-likeness (QED) is 0.382. The van der Waals surface area contributed by atoms with E-state index in [1.807, 2.05) is 0 Å². The minimum atomic E-state index is -0.403. The van der Waals surface area contributed by atoms with Crippen molar-refractivity contribution in [3.8, 4) is 0 Å². The second kappa shape index (κ2) is 11.1. The van der Waals surface area contributed by atoms with E-state index in [-0.39, 0.29) is 23.1 Å². The molecule has 1 amide bonds. The number of amides is 1. The fourth-order valence-corrected chi connectivity index (χ4v) is 3.96. The number of likely N-dealkylation sites (tertiary alicyclic amines) is 1. The second-order valence-corrected chi connectivity index (χ2v) is 8.20. The zero-order chi connectivity index (χ0) is 24.8. The largest absolute Gasteiger partial charge is 0.404 e. The van der Waals surface area contributed by atoms with Gasteiger partial charge < -0.3 is 25.1 Å². The van der Waals surface area contributed by atoms with Gasteiger partial charge in [-0.3, -0.25) is 14.6 Å². The van der Waals surface area contributed by atoms with Crippen LogP contribution in [-0.4, -0.2) is 61.5 Å². The third-order valence-corrected chi connectivity index (χ3v) is 5.84. The number of methoxy groups -OCH3 is 1. The molecule has 0 bridgehead atoms. The standard InChI is InChI=1S/C26H27FN4O4/c1-34-10-11-35-22-8-9-31(16-22)26(33)17-2-5-21(6-3-17)29-15-19(14-28)23-13-18-12-20(27)4-7-24(18)30-25(23)32/h2-7,12-15,22H,8-11,16,28H2,1H3,(H,30,32)/t22-/m0/s1. The van der Waals surface area contributed by atoms with Crippen LogP contribution in [0.5, 0.6) is 0 Å². The second-order valence-electron chi connectivity index (χ2n) is 8.20. The van der Waals surface area contributed by atoms with Gasteiger partial charge in [-0.25, -0.2) is 4.39 Å². The lowest BCUT2D eigenvalue weighted by Gasteiger charge is -2.17. The highest BCUT2D eigenvalue weighted by Gasteiger charge is 2.27. The Hall–Kier alpha value is -3.82. The van der Waals surface area contributed by atoms with E-state index in [0.29, 0.717) is 54.0 Å². The van der Waals surface area contributed by atoms with Gasteiger partial charge >= 0.3 is 0 Å². The number of hydrogen-bond donors (Lipinski definition) is 2. The van der Waals surface area contributed by atoms with Gasteiger partial charge in [0.05, 0.1) is 30.6 Å². The summed E-state index contributed by atoms with van der Waals surface area (Å²) in [7, 11) is 1.63. The van der Waals surface area contributed by atoms with Gasteiger partial charge in [0.15, 0.2) is 0 Å². The van der Waals surface area contributed by atoms with Crippen molar-refractivity contribution in [1.29, 1.82) is 0 Å². The van der Waals surface area contributed by atoms with Crippen LogP contribution in [0.2, 0.25) is 0 Å². The van der Waals surface area contributed by atoms with Crippen molar-refractivity contribution in [2.75, 3.05) is 33.4 Å². The Morgan fingerprint density at radius 2 is 2.03 bits per heavy atom. The normalized spacial score (nSPS) is 16.5. The molecule has 2 heterocycles. The number of nitrogens with one attached hydrogen (secondary N) is 1. The molecular weight excluding hydrogens is 451 g/mol. The molecule has 1 saturated heterocycles. The summed E-state index contributed by atoms with van der Waals surface area (Å²) in [6, 6.07) is 12.6. The molecule has 1 atom stereocenters. The molecule has 1 aliphatic rings. The van der Waals surface area contributed by atoms with Crippen LogP contribution < -0.4 is 11.3 Å². The van der Waals surface area contributed by atoms with Crippen molar-refractivity contribution in [1.82, 2.24) is 9.88 Å². The third kappa shape index (κ3) is 5.82. The predicted octanol–water partition coefficient (Wildman–Crippen LogP) is 3.25. The van der Waals surface area contributed by atoms with Gasteiger partial charge in [-0.15, -0.1) is 0 Å². The number of H-pyrrole nitrogens is 1. The Morgan fingerprint density at radius 3 is 2.77 bits per heavy atom. The first-order valence-corrected chi connectivity index (χ1v) is 11.3. The number of halogens is 1. The van der Waals surface area contributed by atoms with Crippen LogP contribution in [0.25, 0.3) is 16.5 Å². The van der Waals surface area contributed by atoms with Gasteiger partial charge in [-0.2, -0.15) is 0 Å². The van der Waals surface area contributed by atoms with Gasteiger partial charge in [-0.05, 0) is 55.0 Å². The smallest absolute Gasteiger partial charge is 0.256 e. The number of rotatable bonds is 8. The predicted molar refractivity (Wildman–Crippen MR) is 133 cm³/mol. The summed E-state index contributed by atoms with van der Waals surface area (Å²) in [4.78, 5) is 34.2. The van der Waals surface area contributed by atoms with Crippen LogP contribution in [0, 0.1) is 5.82 Å². The van der Waals surface area contributed by atoms with Gasteiger partial charge in [0, 0.05) is 54.7 Å². The summed E-state index contributed by atoms with van der Waals surface area (Å²) in [6.07, 6.45) is 3.56. The Bertz CT molecular complexity index is 1320. The first-order chi connectivity index (χ1) is 17.0. The molecule has 3 aromatic rings. The topological polar surface area (TPSA) is 110 Å². The summed E-state index contributed by atoms with van der Waals surface area (Å²) < 4.78 is 24.3. The van der Waals surface area contributed by atoms with Crippen LogP contribution in [0.1, 0.15) is 22.3 Å². The molecule has 0 radical (unpaired) electrons. The summed E-state index contributed by atoms with van der Waals surface area (Å²) >= 11 is 0. The first kappa shape index (κ1) is 24.3. The highest BCUT2D eigenvalue weighted by molar-refractivity contribution is 6.11. The van der Waals surface area contributed by atoms with Crippen LogP contribution in [0.4, 0.5) is 10.1 Å². The van der Waals surface area contributed by atoms with Crippen molar-refractivity contribution in [3.05, 3.63) is 82.0 Å². The lowest BCUT2D eigenvalue weighted by molar-refractivity contribution is 0.0218. The van der Waals surface area contributed by atoms with Crippen LogP contribution in [0.15, 0.2) is 64.5 Å². The molecule has 35 heavy (non-hydrogen) atoms. The Morgan fingerprint density at radius 1 is 1.23 bits per heavy atom. The van der Waals surface area contributed by atoms with E-state index in [4.69, 9.17) is 15.2 Å². The maximum Gasteiger partial charge on any atom is 0.256 e. The number of aromatic nitrogens is 1. The number of allylic oxidation sites excluding steroid dienone is 1. The van der Waals surface area contributed by atoms with Gasteiger partial charge in [0.2, 0.25) is 0 Å². The number of hydrogen-bond acceptors (Lipinski definition) is 6. The molecule has 1 aromatic heterocycles. The highest BCUT2D eigenvalue weighted by Crippen LogP contribution is 2.20. The molecule has 9 heteroatoms. The number of aromatic amines is 1. The molecular formula is C26H27FN4O4. The average molecular weight is 479 g/mol. The maximum atomic E-state index is 13.6. The molecule has 0 aliphatic carbocycles. The number of fused-ring (bicyclic) bond motifs is 1. The molecule has 1 fully saturated rings. The van der Waals surface area contributed by atoms with Crippen LogP contribution in [0.3, 0.4) is 0 Å². The molecule has 3 N–H and O–H groups in total. The van der Waals surface area contributed by atoms with Crippen LogP contribution in [-0.2, 0) is 9.47 Å². The van der Waals surface area contributed by atoms with Crippen molar-refractivity contribution in [2.45, 2.75) is 12.5 Å². The molecule has 182 valence electrons. The maximum absolute atomic E-state index is 13.6. The molecule has 0 spiro atoms. The summed E-state index contributed by atoms with van der Waals surface area (Å²) in [6.45, 7) is 2.24. The van der Waals surface area contributed by atoms with E-state index in [1.54, 1.807) is 42.3 Å². The first-order valence-electron chi connectivity index (χ1n) is 11.3. The van der Waals surface area contributed by atoms with Gasteiger partial charge in [0.1, 0.15) is 5.82 Å². The number of ether oxygens (including phenoxy) is 2. The molecule has 4 rings (SSSR count). The van der Waals surface area contributed by atoms with E-state index in [0.717, 1.165) is 6.42 Å². The molecule has 2 aromatic carbocycles. The zero-order valence-electron chi connectivity index (χ0n) is 19.4. The number of aliphatic imine (C=N–C) groups is 1. The lowest BCUT2D eigenvalue weighted by Crippen LogP contribution is -2.30. The highest BCUT2D eigenvalue weighted by atomic mass is 19.1. The number of nitrogens with two attached hydrogens (primary N) is 1. The molecule has 8 nitrogen and oxygen atoms in total. The van der Waals surface area contributed by atoms with Gasteiger partial charge in [-0.1, -0.05) is 0 Å². The van der Waals surface area contributed by atoms with E-state index in [2.05, 4.69) is 9.98 Å². The number of carbonyl (C=O) groups is 1.